The minimum absolute atomic E-state index is 0.126. The number of amides is 1. The summed E-state index contributed by atoms with van der Waals surface area (Å²) >= 11 is 1.15. The van der Waals surface area contributed by atoms with Crippen LogP contribution in [0.2, 0.25) is 0 Å². The first-order valence-electron chi connectivity index (χ1n) is 8.29. The first-order chi connectivity index (χ1) is 13.1. The van der Waals surface area contributed by atoms with Crippen molar-refractivity contribution >= 4 is 17.7 Å². The van der Waals surface area contributed by atoms with Gasteiger partial charge in [-0.2, -0.15) is 0 Å². The maximum atomic E-state index is 12.9. The number of ether oxygens (including phenoxy) is 1. The molecule has 0 radical (unpaired) electrons. The van der Waals surface area contributed by atoms with Gasteiger partial charge >= 0.3 is 0 Å². The molecule has 3 rings (SSSR count). The van der Waals surface area contributed by atoms with E-state index in [-0.39, 0.29) is 28.6 Å². The number of hydrogen-bond donors (Lipinski definition) is 1. The van der Waals surface area contributed by atoms with Crippen molar-refractivity contribution in [2.75, 3.05) is 5.75 Å². The third-order valence-corrected chi connectivity index (χ3v) is 4.37. The van der Waals surface area contributed by atoms with Crippen LogP contribution in [0.15, 0.2) is 64.2 Å². The Morgan fingerprint density at radius 3 is 2.67 bits per heavy atom. The van der Waals surface area contributed by atoms with E-state index < -0.39 is 6.10 Å². The molecule has 1 atom stereocenters. The fraction of sp³-hybridized carbons (Fsp3) is 0.211. The highest BCUT2D eigenvalue weighted by molar-refractivity contribution is 7.99. The van der Waals surface area contributed by atoms with Gasteiger partial charge in [0.25, 0.3) is 11.1 Å². The van der Waals surface area contributed by atoms with Crippen LogP contribution in [0.3, 0.4) is 0 Å². The Morgan fingerprint density at radius 2 is 1.93 bits per heavy atom. The van der Waals surface area contributed by atoms with Crippen molar-refractivity contribution in [2.24, 2.45) is 0 Å². The second kappa shape index (κ2) is 9.18. The zero-order valence-corrected chi connectivity index (χ0v) is 15.4. The van der Waals surface area contributed by atoms with Gasteiger partial charge < -0.3 is 14.5 Å². The van der Waals surface area contributed by atoms with Gasteiger partial charge in [-0.25, -0.2) is 4.39 Å². The third kappa shape index (κ3) is 5.82. The third-order valence-electron chi connectivity index (χ3n) is 3.56. The number of carbonyl (C=O) groups is 1. The van der Waals surface area contributed by atoms with Crippen LogP contribution in [-0.4, -0.2) is 21.9 Å². The summed E-state index contributed by atoms with van der Waals surface area (Å²) in [6.07, 6.45) is -0.496. The highest BCUT2D eigenvalue weighted by Gasteiger charge is 2.17. The summed E-state index contributed by atoms with van der Waals surface area (Å²) in [5, 5.41) is 11.0. The van der Waals surface area contributed by atoms with Crippen LogP contribution in [0.1, 0.15) is 24.5 Å². The maximum Gasteiger partial charge on any atom is 0.277 e. The molecule has 2 aromatic carbocycles. The molecule has 8 heteroatoms. The fourth-order valence-corrected chi connectivity index (χ4v) is 2.79. The van der Waals surface area contributed by atoms with Crippen LogP contribution >= 0.6 is 11.8 Å². The summed E-state index contributed by atoms with van der Waals surface area (Å²) in [6, 6.07) is 15.3. The second-order valence-corrected chi connectivity index (χ2v) is 6.60. The van der Waals surface area contributed by atoms with Gasteiger partial charge in [0.15, 0.2) is 6.10 Å². The van der Waals surface area contributed by atoms with Crippen LogP contribution in [0.4, 0.5) is 4.39 Å². The quantitative estimate of drug-likeness (QED) is 0.593. The molecule has 27 heavy (non-hydrogen) atoms. The lowest BCUT2D eigenvalue weighted by molar-refractivity contribution is -0.118. The van der Waals surface area contributed by atoms with Gasteiger partial charge in [-0.1, -0.05) is 42.1 Å². The van der Waals surface area contributed by atoms with E-state index in [1.807, 2.05) is 30.3 Å². The number of nitrogens with zero attached hydrogens (tertiary/aromatic N) is 2. The molecule has 1 N–H and O–H groups in total. The molecule has 0 unspecified atom stereocenters. The topological polar surface area (TPSA) is 77.2 Å². The summed E-state index contributed by atoms with van der Waals surface area (Å²) < 4.78 is 24.1. The van der Waals surface area contributed by atoms with E-state index in [4.69, 9.17) is 9.15 Å². The molecule has 3 aromatic rings. The van der Waals surface area contributed by atoms with Crippen molar-refractivity contribution in [3.63, 3.8) is 0 Å². The molecular formula is C19H18FN3O3S. The summed E-state index contributed by atoms with van der Waals surface area (Å²) in [5.41, 5.74) is 1.03. The Balaban J connectivity index is 1.45. The van der Waals surface area contributed by atoms with Gasteiger partial charge in [-0.3, -0.25) is 4.79 Å². The predicted octanol–water partition coefficient (Wildman–Crippen LogP) is 3.76. The largest absolute Gasteiger partial charge is 0.481 e. The summed E-state index contributed by atoms with van der Waals surface area (Å²) in [7, 11) is 0. The number of carbonyl (C=O) groups excluding carboxylic acids is 1. The number of halogens is 1. The molecule has 1 heterocycles. The zero-order chi connectivity index (χ0) is 19.1. The van der Waals surface area contributed by atoms with E-state index in [0.717, 1.165) is 17.3 Å². The highest BCUT2D eigenvalue weighted by atomic mass is 32.2. The molecule has 1 amide bonds. The van der Waals surface area contributed by atoms with Crippen LogP contribution < -0.4 is 10.1 Å². The highest BCUT2D eigenvalue weighted by Crippen LogP contribution is 2.24. The van der Waals surface area contributed by atoms with Crippen LogP contribution in [0, 0.1) is 5.82 Å². The van der Waals surface area contributed by atoms with Crippen molar-refractivity contribution in [1.82, 2.24) is 15.5 Å². The number of aromatic nitrogens is 2. The van der Waals surface area contributed by atoms with Crippen LogP contribution in [0.5, 0.6) is 5.75 Å². The van der Waals surface area contributed by atoms with E-state index in [1.54, 1.807) is 6.92 Å². The van der Waals surface area contributed by atoms with Gasteiger partial charge in [0.2, 0.25) is 5.91 Å². The molecule has 6 nitrogen and oxygen atoms in total. The zero-order valence-electron chi connectivity index (χ0n) is 14.6. The molecule has 0 saturated carbocycles. The molecule has 0 fully saturated rings. The normalized spacial score (nSPS) is 11.8. The minimum atomic E-state index is -0.496. The van der Waals surface area contributed by atoms with E-state index in [9.17, 15) is 9.18 Å². The molecule has 0 spiro atoms. The van der Waals surface area contributed by atoms with E-state index in [2.05, 4.69) is 15.5 Å². The Hall–Kier alpha value is -2.87. The summed E-state index contributed by atoms with van der Waals surface area (Å²) in [4.78, 5) is 11.9. The molecule has 0 bridgehead atoms. The number of thioether (sulfide) groups is 1. The van der Waals surface area contributed by atoms with Crippen LogP contribution in [-0.2, 0) is 11.3 Å². The van der Waals surface area contributed by atoms with Crippen molar-refractivity contribution in [3.05, 3.63) is 71.9 Å². The van der Waals surface area contributed by atoms with Crippen molar-refractivity contribution in [2.45, 2.75) is 24.8 Å². The Labute approximate surface area is 160 Å². The first kappa shape index (κ1) is 18.9. The van der Waals surface area contributed by atoms with Crippen LogP contribution in [0.25, 0.3) is 0 Å². The van der Waals surface area contributed by atoms with Crippen molar-refractivity contribution in [3.8, 4) is 5.75 Å². The average molecular weight is 387 g/mol. The molecule has 140 valence electrons. The molecule has 0 aliphatic carbocycles. The molecule has 0 aliphatic rings. The van der Waals surface area contributed by atoms with E-state index >= 15 is 0 Å². The Bertz CT molecular complexity index is 871. The van der Waals surface area contributed by atoms with E-state index in [0.29, 0.717) is 12.3 Å². The molecule has 1 aromatic heterocycles. The first-order valence-corrected chi connectivity index (χ1v) is 9.28. The fourth-order valence-electron chi connectivity index (χ4n) is 2.19. The lowest BCUT2D eigenvalue weighted by atomic mass is 10.2. The number of rotatable bonds is 8. The van der Waals surface area contributed by atoms with Gasteiger partial charge in [0, 0.05) is 6.54 Å². The second-order valence-electron chi connectivity index (χ2n) is 5.67. The average Bonchev–Trinajstić information content (AvgIpc) is 3.16. The van der Waals surface area contributed by atoms with Gasteiger partial charge in [0.05, 0.1) is 5.75 Å². The smallest absolute Gasteiger partial charge is 0.277 e. The number of benzene rings is 2. The lowest BCUT2D eigenvalue weighted by Crippen LogP contribution is -2.24. The summed E-state index contributed by atoms with van der Waals surface area (Å²) in [5.74, 6) is 0.487. The SMILES string of the molecule is C[C@@H](Oc1ccc(F)cc1)c1nnc(SCC(=O)NCc2ccccc2)o1. The molecular weight excluding hydrogens is 369 g/mol. The molecule has 0 saturated heterocycles. The van der Waals surface area contributed by atoms with Crippen molar-refractivity contribution in [1.29, 1.82) is 0 Å². The Kier molecular flexibility index (Phi) is 6.43. The minimum Gasteiger partial charge on any atom is -0.481 e. The van der Waals surface area contributed by atoms with Crippen molar-refractivity contribution < 1.29 is 18.3 Å². The predicted molar refractivity (Wildman–Crippen MR) is 98.8 cm³/mol. The van der Waals surface area contributed by atoms with Gasteiger partial charge in [0.1, 0.15) is 11.6 Å². The van der Waals surface area contributed by atoms with Gasteiger partial charge in [-0.15, -0.1) is 10.2 Å². The van der Waals surface area contributed by atoms with E-state index in [1.165, 1.54) is 24.3 Å². The maximum absolute atomic E-state index is 12.9. The standard InChI is InChI=1S/C19H18FN3O3S/c1-13(25-16-9-7-15(20)8-10-16)18-22-23-19(26-18)27-12-17(24)21-11-14-5-3-2-4-6-14/h2-10,13H,11-12H2,1H3,(H,21,24)/t13-/m1/s1. The molecule has 0 aliphatic heterocycles. The van der Waals surface area contributed by atoms with Gasteiger partial charge in [-0.05, 0) is 36.8 Å². The number of hydrogen-bond acceptors (Lipinski definition) is 6. The lowest BCUT2D eigenvalue weighted by Gasteiger charge is -2.10. The number of nitrogens with one attached hydrogen (secondary N) is 1. The Morgan fingerprint density at radius 1 is 1.19 bits per heavy atom. The summed E-state index contributed by atoms with van der Waals surface area (Å²) in [6.45, 7) is 2.22. The monoisotopic (exact) mass is 387 g/mol.